The van der Waals surface area contributed by atoms with Crippen molar-refractivity contribution in [1.29, 1.82) is 0 Å². The zero-order chi connectivity index (χ0) is 25.4. The Morgan fingerprint density at radius 3 is 2.11 bits per heavy atom. The number of benzene rings is 3. The van der Waals surface area contributed by atoms with Gasteiger partial charge >= 0.3 is 5.97 Å². The molecule has 2 N–H and O–H groups in total. The van der Waals surface area contributed by atoms with E-state index in [2.05, 4.69) is 14.8 Å². The van der Waals surface area contributed by atoms with Crippen molar-refractivity contribution in [2.24, 2.45) is 0 Å². The van der Waals surface area contributed by atoms with Crippen molar-refractivity contribution in [2.75, 3.05) is 26.6 Å². The number of nitrogens with one attached hydrogen (secondary N) is 2. The minimum Gasteiger partial charge on any atom is -0.493 e. The zero-order valence-electron chi connectivity index (χ0n) is 19.5. The van der Waals surface area contributed by atoms with Gasteiger partial charge in [0.15, 0.2) is 11.5 Å². The summed E-state index contributed by atoms with van der Waals surface area (Å²) < 4.78 is 43.9. The van der Waals surface area contributed by atoms with Gasteiger partial charge in [-0.3, -0.25) is 4.79 Å². The number of carbonyl (C=O) groups is 2. The lowest BCUT2D eigenvalue weighted by Gasteiger charge is -2.19. The standard InChI is InChI=1S/C25H26N2O7S/c1-32-22-14-13-20(16-23(22)33-2)35(30,31)27-21(15-17-7-5-4-6-8-17)24(28)26-19-11-9-18(10-12-19)25(29)34-3/h4-14,16,21,27H,15H2,1-3H3,(H,26,28). The molecular weight excluding hydrogens is 472 g/mol. The topological polar surface area (TPSA) is 120 Å². The van der Waals surface area contributed by atoms with Gasteiger partial charge in [-0.25, -0.2) is 13.2 Å². The minimum atomic E-state index is -4.10. The summed E-state index contributed by atoms with van der Waals surface area (Å²) in [5, 5.41) is 2.70. The van der Waals surface area contributed by atoms with Crippen molar-refractivity contribution in [3.63, 3.8) is 0 Å². The Morgan fingerprint density at radius 2 is 1.51 bits per heavy atom. The lowest BCUT2D eigenvalue weighted by Crippen LogP contribution is -2.45. The van der Waals surface area contributed by atoms with Crippen LogP contribution < -0.4 is 19.5 Å². The van der Waals surface area contributed by atoms with Gasteiger partial charge in [0.1, 0.15) is 6.04 Å². The van der Waals surface area contributed by atoms with Crippen LogP contribution in [0, 0.1) is 0 Å². The van der Waals surface area contributed by atoms with Crippen molar-refractivity contribution in [1.82, 2.24) is 4.72 Å². The molecule has 0 aliphatic rings. The smallest absolute Gasteiger partial charge is 0.337 e. The van der Waals surface area contributed by atoms with E-state index in [1.807, 2.05) is 6.07 Å². The van der Waals surface area contributed by atoms with Crippen LogP contribution in [0.25, 0.3) is 0 Å². The second-order valence-corrected chi connectivity index (χ2v) is 9.15. The Kier molecular flexibility index (Phi) is 8.45. The van der Waals surface area contributed by atoms with E-state index in [9.17, 15) is 18.0 Å². The summed E-state index contributed by atoms with van der Waals surface area (Å²) in [6.45, 7) is 0. The van der Waals surface area contributed by atoms with Crippen LogP contribution in [0.4, 0.5) is 5.69 Å². The average molecular weight is 499 g/mol. The lowest BCUT2D eigenvalue weighted by atomic mass is 10.1. The monoisotopic (exact) mass is 498 g/mol. The third-order valence-electron chi connectivity index (χ3n) is 5.14. The number of esters is 1. The molecule has 1 unspecified atom stereocenters. The molecule has 10 heteroatoms. The van der Waals surface area contributed by atoms with Gasteiger partial charge in [0.25, 0.3) is 0 Å². The maximum Gasteiger partial charge on any atom is 0.337 e. The van der Waals surface area contributed by atoms with Crippen LogP contribution in [0.5, 0.6) is 11.5 Å². The summed E-state index contributed by atoms with van der Waals surface area (Å²) in [4.78, 5) is 24.7. The molecule has 0 bridgehead atoms. The number of methoxy groups -OCH3 is 3. The molecule has 3 aromatic rings. The van der Waals surface area contributed by atoms with Crippen LogP contribution >= 0.6 is 0 Å². The fourth-order valence-electron chi connectivity index (χ4n) is 3.31. The van der Waals surface area contributed by atoms with Gasteiger partial charge in [0, 0.05) is 11.8 Å². The SMILES string of the molecule is COC(=O)c1ccc(NC(=O)C(Cc2ccccc2)NS(=O)(=O)c2ccc(OC)c(OC)c2)cc1. The molecule has 9 nitrogen and oxygen atoms in total. The molecule has 0 saturated carbocycles. The predicted octanol–water partition coefficient (Wildman–Crippen LogP) is 3.02. The first-order chi connectivity index (χ1) is 16.8. The van der Waals surface area contributed by atoms with Crippen LogP contribution in [0.1, 0.15) is 15.9 Å². The summed E-state index contributed by atoms with van der Waals surface area (Å²) in [5.41, 5.74) is 1.48. The summed E-state index contributed by atoms with van der Waals surface area (Å²) in [7, 11) is 0.0194. The van der Waals surface area contributed by atoms with Crippen LogP contribution in [0.2, 0.25) is 0 Å². The molecule has 3 rings (SSSR count). The normalized spacial score (nSPS) is 11.9. The molecular formula is C25H26N2O7S. The highest BCUT2D eigenvalue weighted by molar-refractivity contribution is 7.89. The van der Waals surface area contributed by atoms with Crippen LogP contribution in [0.15, 0.2) is 77.7 Å². The number of hydrogen-bond acceptors (Lipinski definition) is 7. The van der Waals surface area contributed by atoms with Crippen LogP contribution in [-0.4, -0.2) is 47.7 Å². The summed E-state index contributed by atoms with van der Waals surface area (Å²) in [6.07, 6.45) is 0.111. The highest BCUT2D eigenvalue weighted by Gasteiger charge is 2.27. The quantitative estimate of drug-likeness (QED) is 0.412. The van der Waals surface area contributed by atoms with Gasteiger partial charge in [-0.2, -0.15) is 4.72 Å². The molecule has 184 valence electrons. The molecule has 3 aromatic carbocycles. The Hall–Kier alpha value is -3.89. The third kappa shape index (κ3) is 6.58. The number of sulfonamides is 1. The van der Waals surface area contributed by atoms with Gasteiger partial charge < -0.3 is 19.5 Å². The van der Waals surface area contributed by atoms with Crippen LogP contribution in [-0.2, 0) is 26.0 Å². The molecule has 0 heterocycles. The van der Waals surface area contributed by atoms with E-state index in [4.69, 9.17) is 9.47 Å². The van der Waals surface area contributed by atoms with Crippen LogP contribution in [0.3, 0.4) is 0 Å². The number of carbonyl (C=O) groups excluding carboxylic acids is 2. The van der Waals surface area contributed by atoms with Gasteiger partial charge in [0.05, 0.1) is 31.8 Å². The van der Waals surface area contributed by atoms with Crippen molar-refractivity contribution in [2.45, 2.75) is 17.4 Å². The first-order valence-electron chi connectivity index (χ1n) is 10.5. The molecule has 0 aliphatic heterocycles. The number of rotatable bonds is 10. The lowest BCUT2D eigenvalue weighted by molar-refractivity contribution is -0.117. The van der Waals surface area contributed by atoms with E-state index < -0.39 is 27.9 Å². The van der Waals surface area contributed by atoms with Gasteiger partial charge in [-0.1, -0.05) is 30.3 Å². The van der Waals surface area contributed by atoms with E-state index in [1.54, 1.807) is 24.3 Å². The van der Waals surface area contributed by atoms with Gasteiger partial charge in [0.2, 0.25) is 15.9 Å². The molecule has 0 saturated heterocycles. The average Bonchev–Trinajstić information content (AvgIpc) is 2.88. The molecule has 0 fully saturated rings. The molecule has 0 spiro atoms. The van der Waals surface area contributed by atoms with Crippen molar-refractivity contribution < 1.29 is 32.2 Å². The van der Waals surface area contributed by atoms with E-state index >= 15 is 0 Å². The molecule has 1 atom stereocenters. The minimum absolute atomic E-state index is 0.0801. The Morgan fingerprint density at radius 1 is 0.857 bits per heavy atom. The molecule has 0 aliphatic carbocycles. The van der Waals surface area contributed by atoms with E-state index in [0.717, 1.165) is 5.56 Å². The number of ether oxygens (including phenoxy) is 3. The molecule has 0 radical (unpaired) electrons. The Labute approximate surface area is 204 Å². The summed E-state index contributed by atoms with van der Waals surface area (Å²) in [6, 6.07) is 18.1. The highest BCUT2D eigenvalue weighted by atomic mass is 32.2. The second kappa shape index (κ2) is 11.5. The van der Waals surface area contributed by atoms with E-state index in [0.29, 0.717) is 17.0 Å². The maximum atomic E-state index is 13.2. The van der Waals surface area contributed by atoms with E-state index in [1.165, 1.54) is 63.8 Å². The Balaban J connectivity index is 1.86. The summed E-state index contributed by atoms with van der Waals surface area (Å²) >= 11 is 0. The van der Waals surface area contributed by atoms with Crippen molar-refractivity contribution >= 4 is 27.6 Å². The molecule has 35 heavy (non-hydrogen) atoms. The zero-order valence-corrected chi connectivity index (χ0v) is 20.3. The van der Waals surface area contributed by atoms with Gasteiger partial charge in [-0.15, -0.1) is 0 Å². The molecule has 1 amide bonds. The van der Waals surface area contributed by atoms with Gasteiger partial charge in [-0.05, 0) is 48.4 Å². The maximum absolute atomic E-state index is 13.2. The number of anilines is 1. The Bertz CT molecular complexity index is 1280. The third-order valence-corrected chi connectivity index (χ3v) is 6.60. The summed E-state index contributed by atoms with van der Waals surface area (Å²) in [5.74, 6) is -0.457. The number of hydrogen-bond donors (Lipinski definition) is 2. The highest BCUT2D eigenvalue weighted by Crippen LogP contribution is 2.29. The first-order valence-corrected chi connectivity index (χ1v) is 12.0. The second-order valence-electron chi connectivity index (χ2n) is 7.44. The number of amides is 1. The fraction of sp³-hybridized carbons (Fsp3) is 0.200. The van der Waals surface area contributed by atoms with Crippen molar-refractivity contribution in [3.05, 3.63) is 83.9 Å². The van der Waals surface area contributed by atoms with Crippen molar-refractivity contribution in [3.8, 4) is 11.5 Å². The largest absolute Gasteiger partial charge is 0.493 e. The fourth-order valence-corrected chi connectivity index (χ4v) is 4.52. The predicted molar refractivity (Wildman–Crippen MR) is 130 cm³/mol. The van der Waals surface area contributed by atoms with E-state index in [-0.39, 0.29) is 17.1 Å². The first kappa shape index (κ1) is 25.7. The molecule has 0 aromatic heterocycles.